The molecular weight excluding hydrogens is 232 g/mol. The average Bonchev–Trinajstić information content (AvgIpc) is 2.79. The molecule has 0 spiro atoms. The lowest BCUT2D eigenvalue weighted by molar-refractivity contribution is 0.0994. The Labute approximate surface area is 108 Å². The summed E-state index contributed by atoms with van der Waals surface area (Å²) in [6.45, 7) is 5.94. The number of piperazine rings is 1. The molecule has 2 aliphatic heterocycles. The van der Waals surface area contributed by atoms with Crippen LogP contribution in [-0.2, 0) is 6.54 Å². The quantitative estimate of drug-likeness (QED) is 0.796. The molecule has 2 saturated heterocycles. The minimum absolute atomic E-state index is 0.797. The van der Waals surface area contributed by atoms with Gasteiger partial charge in [-0.2, -0.15) is 0 Å². The summed E-state index contributed by atoms with van der Waals surface area (Å²) < 4.78 is 0. The molecule has 3 rings (SSSR count). The zero-order valence-electron chi connectivity index (χ0n) is 10.1. The molecule has 1 atom stereocenters. The molecule has 2 heterocycles. The zero-order valence-corrected chi connectivity index (χ0v) is 10.9. The van der Waals surface area contributed by atoms with Crippen LogP contribution in [0.2, 0.25) is 5.02 Å². The molecule has 1 aromatic carbocycles. The van der Waals surface area contributed by atoms with Gasteiger partial charge in [0.25, 0.3) is 0 Å². The number of nitrogens with zero attached hydrogens (tertiary/aromatic N) is 2. The van der Waals surface area contributed by atoms with Crippen LogP contribution in [0.5, 0.6) is 0 Å². The van der Waals surface area contributed by atoms with Gasteiger partial charge in [-0.1, -0.05) is 29.8 Å². The van der Waals surface area contributed by atoms with E-state index in [1.165, 1.54) is 44.6 Å². The van der Waals surface area contributed by atoms with Crippen LogP contribution in [0.1, 0.15) is 18.4 Å². The van der Waals surface area contributed by atoms with Crippen LogP contribution < -0.4 is 0 Å². The van der Waals surface area contributed by atoms with Crippen molar-refractivity contribution in [3.8, 4) is 0 Å². The molecule has 0 saturated carbocycles. The Morgan fingerprint density at radius 3 is 2.94 bits per heavy atom. The molecule has 0 aromatic heterocycles. The van der Waals surface area contributed by atoms with E-state index in [4.69, 9.17) is 11.6 Å². The van der Waals surface area contributed by atoms with Crippen molar-refractivity contribution in [2.24, 2.45) is 0 Å². The molecule has 17 heavy (non-hydrogen) atoms. The highest BCUT2D eigenvalue weighted by Gasteiger charge is 2.30. The van der Waals surface area contributed by atoms with E-state index in [1.54, 1.807) is 0 Å². The van der Waals surface area contributed by atoms with Crippen LogP contribution in [0, 0.1) is 0 Å². The molecule has 2 fully saturated rings. The Kier molecular flexibility index (Phi) is 3.37. The zero-order chi connectivity index (χ0) is 11.7. The normalized spacial score (nSPS) is 26.1. The second-order valence-corrected chi connectivity index (χ2v) is 5.57. The molecule has 1 aromatic rings. The highest BCUT2D eigenvalue weighted by atomic mass is 35.5. The second kappa shape index (κ2) is 4.97. The van der Waals surface area contributed by atoms with Gasteiger partial charge in [-0.15, -0.1) is 0 Å². The van der Waals surface area contributed by atoms with E-state index in [1.807, 2.05) is 12.1 Å². The lowest BCUT2D eigenvalue weighted by Gasteiger charge is -2.37. The van der Waals surface area contributed by atoms with Crippen LogP contribution in [0.4, 0.5) is 0 Å². The monoisotopic (exact) mass is 250 g/mol. The van der Waals surface area contributed by atoms with Gasteiger partial charge in [0.2, 0.25) is 0 Å². The van der Waals surface area contributed by atoms with Crippen LogP contribution in [0.25, 0.3) is 0 Å². The summed E-state index contributed by atoms with van der Waals surface area (Å²) in [6, 6.07) is 9.01. The van der Waals surface area contributed by atoms with E-state index in [0.29, 0.717) is 0 Å². The summed E-state index contributed by atoms with van der Waals surface area (Å²) in [5.41, 5.74) is 1.26. The number of fused-ring (bicyclic) bond motifs is 1. The third-order valence-corrected chi connectivity index (χ3v) is 4.39. The lowest BCUT2D eigenvalue weighted by Crippen LogP contribution is -2.49. The molecule has 2 aliphatic rings. The summed E-state index contributed by atoms with van der Waals surface area (Å²) in [4.78, 5) is 5.19. The molecular formula is C14H19ClN2. The number of hydrogen-bond donors (Lipinski definition) is 0. The number of halogens is 1. The molecule has 92 valence electrons. The van der Waals surface area contributed by atoms with Gasteiger partial charge in [0.1, 0.15) is 0 Å². The number of hydrogen-bond acceptors (Lipinski definition) is 2. The second-order valence-electron chi connectivity index (χ2n) is 5.16. The molecule has 0 aliphatic carbocycles. The lowest BCUT2D eigenvalue weighted by atomic mass is 10.1. The first-order valence-electron chi connectivity index (χ1n) is 6.53. The molecule has 3 heteroatoms. The standard InChI is InChI=1S/C14H19ClN2/c15-14-6-2-1-4-12(14)10-16-8-9-17-7-3-5-13(17)11-16/h1-2,4,6,13H,3,5,7-11H2. The van der Waals surface area contributed by atoms with Gasteiger partial charge < -0.3 is 0 Å². The Balaban J connectivity index is 1.64. The molecule has 0 amide bonds. The average molecular weight is 251 g/mol. The Morgan fingerprint density at radius 1 is 1.18 bits per heavy atom. The van der Waals surface area contributed by atoms with E-state index in [2.05, 4.69) is 21.9 Å². The Hall–Kier alpha value is -0.570. The van der Waals surface area contributed by atoms with Crippen molar-refractivity contribution in [2.75, 3.05) is 26.2 Å². The van der Waals surface area contributed by atoms with Crippen molar-refractivity contribution in [3.05, 3.63) is 34.9 Å². The van der Waals surface area contributed by atoms with Gasteiger partial charge in [0.15, 0.2) is 0 Å². The van der Waals surface area contributed by atoms with Crippen molar-refractivity contribution in [3.63, 3.8) is 0 Å². The van der Waals surface area contributed by atoms with Crippen molar-refractivity contribution < 1.29 is 0 Å². The predicted octanol–water partition coefficient (Wildman–Crippen LogP) is 2.62. The van der Waals surface area contributed by atoms with Crippen LogP contribution in [-0.4, -0.2) is 42.0 Å². The molecule has 0 radical (unpaired) electrons. The maximum Gasteiger partial charge on any atom is 0.0451 e. The summed E-state index contributed by atoms with van der Waals surface area (Å²) in [5, 5.41) is 0.904. The maximum absolute atomic E-state index is 6.22. The minimum atomic E-state index is 0.797. The molecule has 0 N–H and O–H groups in total. The Morgan fingerprint density at radius 2 is 2.06 bits per heavy atom. The summed E-state index contributed by atoms with van der Waals surface area (Å²) >= 11 is 6.22. The fourth-order valence-electron chi connectivity index (χ4n) is 3.07. The predicted molar refractivity (Wildman–Crippen MR) is 71.3 cm³/mol. The third-order valence-electron chi connectivity index (χ3n) is 4.02. The molecule has 0 bridgehead atoms. The minimum Gasteiger partial charge on any atom is -0.298 e. The van der Waals surface area contributed by atoms with Crippen LogP contribution in [0.3, 0.4) is 0 Å². The first kappa shape index (κ1) is 11.5. The Bertz CT molecular complexity index is 394. The van der Waals surface area contributed by atoms with Gasteiger partial charge >= 0.3 is 0 Å². The number of rotatable bonds is 2. The van der Waals surface area contributed by atoms with Gasteiger partial charge in [-0.05, 0) is 31.0 Å². The highest BCUT2D eigenvalue weighted by molar-refractivity contribution is 6.31. The van der Waals surface area contributed by atoms with E-state index < -0.39 is 0 Å². The van der Waals surface area contributed by atoms with Gasteiger partial charge in [-0.25, -0.2) is 0 Å². The van der Waals surface area contributed by atoms with Gasteiger partial charge in [0.05, 0.1) is 0 Å². The smallest absolute Gasteiger partial charge is 0.0451 e. The van der Waals surface area contributed by atoms with Gasteiger partial charge in [-0.3, -0.25) is 9.80 Å². The maximum atomic E-state index is 6.22. The topological polar surface area (TPSA) is 6.48 Å². The first-order chi connectivity index (χ1) is 8.33. The van der Waals surface area contributed by atoms with E-state index in [9.17, 15) is 0 Å². The van der Waals surface area contributed by atoms with E-state index >= 15 is 0 Å². The third kappa shape index (κ3) is 2.49. The number of benzene rings is 1. The highest BCUT2D eigenvalue weighted by Crippen LogP contribution is 2.24. The van der Waals surface area contributed by atoms with Crippen LogP contribution >= 0.6 is 11.6 Å². The fraction of sp³-hybridized carbons (Fsp3) is 0.571. The van der Waals surface area contributed by atoms with Crippen molar-refractivity contribution >= 4 is 11.6 Å². The summed E-state index contributed by atoms with van der Waals surface area (Å²) in [7, 11) is 0. The fourth-order valence-corrected chi connectivity index (χ4v) is 3.26. The van der Waals surface area contributed by atoms with Crippen molar-refractivity contribution in [2.45, 2.75) is 25.4 Å². The first-order valence-corrected chi connectivity index (χ1v) is 6.90. The van der Waals surface area contributed by atoms with Crippen molar-refractivity contribution in [1.29, 1.82) is 0 Å². The van der Waals surface area contributed by atoms with E-state index in [-0.39, 0.29) is 0 Å². The SMILES string of the molecule is Clc1ccccc1CN1CCN2CCCC2C1. The van der Waals surface area contributed by atoms with Crippen LogP contribution in [0.15, 0.2) is 24.3 Å². The summed E-state index contributed by atoms with van der Waals surface area (Å²) in [6.07, 6.45) is 2.75. The largest absolute Gasteiger partial charge is 0.298 e. The molecule has 1 unspecified atom stereocenters. The van der Waals surface area contributed by atoms with E-state index in [0.717, 1.165) is 17.6 Å². The molecule has 2 nitrogen and oxygen atoms in total. The van der Waals surface area contributed by atoms with Gasteiger partial charge in [0, 0.05) is 37.2 Å². The summed E-state index contributed by atoms with van der Waals surface area (Å²) in [5.74, 6) is 0. The van der Waals surface area contributed by atoms with Crippen molar-refractivity contribution in [1.82, 2.24) is 9.80 Å².